The molecule has 6 heteroatoms. The summed E-state index contributed by atoms with van der Waals surface area (Å²) >= 11 is 0. The van der Waals surface area contributed by atoms with E-state index < -0.39 is 0 Å². The lowest BCUT2D eigenvalue weighted by Gasteiger charge is -2.11. The Morgan fingerprint density at radius 2 is 1.53 bits per heavy atom. The summed E-state index contributed by atoms with van der Waals surface area (Å²) in [7, 11) is 0. The summed E-state index contributed by atoms with van der Waals surface area (Å²) in [5.41, 5.74) is 4.19. The van der Waals surface area contributed by atoms with Gasteiger partial charge in [0, 0.05) is 30.1 Å². The van der Waals surface area contributed by atoms with Crippen molar-refractivity contribution in [3.05, 3.63) is 102 Å². The Hall–Kier alpha value is -4.19. The van der Waals surface area contributed by atoms with Crippen molar-refractivity contribution < 1.29 is 9.53 Å². The van der Waals surface area contributed by atoms with Crippen LogP contribution in [-0.4, -0.2) is 22.5 Å². The first-order valence-corrected chi connectivity index (χ1v) is 10.5. The molecular weight excluding hydrogens is 400 g/mol. The van der Waals surface area contributed by atoms with Gasteiger partial charge in [-0.2, -0.15) is 0 Å². The number of carbonyl (C=O) groups is 1. The molecule has 160 valence electrons. The molecule has 0 atom stereocenters. The number of nitrogens with zero attached hydrogens (tertiary/aromatic N) is 2. The zero-order chi connectivity index (χ0) is 22.2. The zero-order valence-electron chi connectivity index (χ0n) is 17.8. The van der Waals surface area contributed by atoms with E-state index in [0.29, 0.717) is 36.1 Å². The monoisotopic (exact) mass is 424 g/mol. The number of hydrogen-bond donors (Lipinski definition) is 2. The SMILES string of the molecule is CCOc1ccccc1NC(=O)c1ccc(-c2cnc(NCc3ccccc3)nc2)cc1. The fraction of sp³-hybridized carbons (Fsp3) is 0.115. The summed E-state index contributed by atoms with van der Waals surface area (Å²) in [5, 5.41) is 6.12. The van der Waals surface area contributed by atoms with Gasteiger partial charge in [0.15, 0.2) is 0 Å². The fourth-order valence-electron chi connectivity index (χ4n) is 3.21. The third kappa shape index (κ3) is 5.29. The molecule has 0 aliphatic heterocycles. The van der Waals surface area contributed by atoms with Gasteiger partial charge in [-0.1, -0.05) is 54.6 Å². The fourth-order valence-corrected chi connectivity index (χ4v) is 3.21. The van der Waals surface area contributed by atoms with E-state index >= 15 is 0 Å². The van der Waals surface area contributed by atoms with Crippen LogP contribution in [0.4, 0.5) is 11.6 Å². The maximum atomic E-state index is 12.7. The van der Waals surface area contributed by atoms with E-state index in [9.17, 15) is 4.79 Å². The van der Waals surface area contributed by atoms with Crippen LogP contribution in [0.3, 0.4) is 0 Å². The number of carbonyl (C=O) groups excluding carboxylic acids is 1. The van der Waals surface area contributed by atoms with Gasteiger partial charge in [0.25, 0.3) is 5.91 Å². The third-order valence-electron chi connectivity index (χ3n) is 4.86. The van der Waals surface area contributed by atoms with E-state index in [1.807, 2.05) is 61.5 Å². The summed E-state index contributed by atoms with van der Waals surface area (Å²) < 4.78 is 5.57. The van der Waals surface area contributed by atoms with Crippen molar-refractivity contribution in [2.45, 2.75) is 13.5 Å². The Morgan fingerprint density at radius 3 is 2.25 bits per heavy atom. The summed E-state index contributed by atoms with van der Waals surface area (Å²) in [6.07, 6.45) is 3.54. The van der Waals surface area contributed by atoms with E-state index in [-0.39, 0.29) is 5.91 Å². The molecule has 2 N–H and O–H groups in total. The molecule has 1 heterocycles. The van der Waals surface area contributed by atoms with Gasteiger partial charge < -0.3 is 15.4 Å². The summed E-state index contributed by atoms with van der Waals surface area (Å²) in [6, 6.07) is 24.8. The van der Waals surface area contributed by atoms with Crippen LogP contribution in [0.1, 0.15) is 22.8 Å². The minimum atomic E-state index is -0.194. The number of hydrogen-bond acceptors (Lipinski definition) is 5. The minimum absolute atomic E-state index is 0.194. The number of anilines is 2. The predicted molar refractivity (Wildman–Crippen MR) is 127 cm³/mol. The molecule has 0 radical (unpaired) electrons. The van der Waals surface area contributed by atoms with Crippen LogP contribution in [0, 0.1) is 0 Å². The Bertz CT molecular complexity index is 1160. The first kappa shape index (κ1) is 21.1. The maximum Gasteiger partial charge on any atom is 0.255 e. The van der Waals surface area contributed by atoms with E-state index in [1.54, 1.807) is 24.5 Å². The molecule has 1 aromatic heterocycles. The van der Waals surface area contributed by atoms with E-state index in [2.05, 4.69) is 32.7 Å². The molecule has 0 saturated heterocycles. The lowest BCUT2D eigenvalue weighted by molar-refractivity contribution is 0.102. The second-order valence-electron chi connectivity index (χ2n) is 7.10. The Labute approximate surface area is 187 Å². The van der Waals surface area contributed by atoms with Gasteiger partial charge in [-0.15, -0.1) is 0 Å². The van der Waals surface area contributed by atoms with Crippen LogP contribution >= 0.6 is 0 Å². The van der Waals surface area contributed by atoms with Crippen LogP contribution < -0.4 is 15.4 Å². The molecule has 1 amide bonds. The quantitative estimate of drug-likeness (QED) is 0.396. The molecule has 32 heavy (non-hydrogen) atoms. The van der Waals surface area contributed by atoms with E-state index in [4.69, 9.17) is 4.74 Å². The molecule has 0 saturated carbocycles. The van der Waals surface area contributed by atoms with E-state index in [0.717, 1.165) is 16.7 Å². The minimum Gasteiger partial charge on any atom is -0.492 e. The van der Waals surface area contributed by atoms with Crippen LogP contribution in [-0.2, 0) is 6.54 Å². The number of rotatable bonds is 8. The number of para-hydroxylation sites is 2. The van der Waals surface area contributed by atoms with Crippen LogP contribution in [0.2, 0.25) is 0 Å². The largest absolute Gasteiger partial charge is 0.492 e. The average Bonchev–Trinajstić information content (AvgIpc) is 2.85. The zero-order valence-corrected chi connectivity index (χ0v) is 17.8. The lowest BCUT2D eigenvalue weighted by atomic mass is 10.1. The highest BCUT2D eigenvalue weighted by molar-refractivity contribution is 6.05. The van der Waals surface area contributed by atoms with Crippen molar-refractivity contribution in [3.8, 4) is 16.9 Å². The second-order valence-corrected chi connectivity index (χ2v) is 7.10. The number of benzene rings is 3. The Morgan fingerprint density at radius 1 is 0.844 bits per heavy atom. The molecule has 0 fully saturated rings. The Kier molecular flexibility index (Phi) is 6.72. The van der Waals surface area contributed by atoms with Gasteiger partial charge in [-0.25, -0.2) is 9.97 Å². The normalized spacial score (nSPS) is 10.4. The summed E-state index contributed by atoms with van der Waals surface area (Å²) in [5.74, 6) is 1.03. The molecule has 3 aromatic carbocycles. The van der Waals surface area contributed by atoms with Crippen molar-refractivity contribution in [3.63, 3.8) is 0 Å². The van der Waals surface area contributed by atoms with Gasteiger partial charge >= 0.3 is 0 Å². The molecule has 0 spiro atoms. The third-order valence-corrected chi connectivity index (χ3v) is 4.86. The second kappa shape index (κ2) is 10.2. The topological polar surface area (TPSA) is 76.1 Å². The van der Waals surface area contributed by atoms with Crippen LogP contribution in [0.25, 0.3) is 11.1 Å². The standard InChI is InChI=1S/C26H24N4O2/c1-2-32-24-11-7-6-10-23(24)30-25(31)21-14-12-20(13-15-21)22-17-28-26(29-18-22)27-16-19-8-4-3-5-9-19/h3-15,17-18H,2,16H2,1H3,(H,30,31)(H,27,28,29). The highest BCUT2D eigenvalue weighted by Crippen LogP contribution is 2.25. The molecule has 0 aliphatic rings. The van der Waals surface area contributed by atoms with Crippen molar-refractivity contribution in [1.82, 2.24) is 9.97 Å². The van der Waals surface area contributed by atoms with E-state index in [1.165, 1.54) is 0 Å². The van der Waals surface area contributed by atoms with Crippen molar-refractivity contribution in [2.24, 2.45) is 0 Å². The van der Waals surface area contributed by atoms with Crippen LogP contribution in [0.5, 0.6) is 5.75 Å². The maximum absolute atomic E-state index is 12.7. The molecule has 0 aliphatic carbocycles. The van der Waals surface area contributed by atoms with Gasteiger partial charge in [0.1, 0.15) is 5.75 Å². The average molecular weight is 425 g/mol. The summed E-state index contributed by atoms with van der Waals surface area (Å²) in [4.78, 5) is 21.4. The number of nitrogens with one attached hydrogen (secondary N) is 2. The highest BCUT2D eigenvalue weighted by atomic mass is 16.5. The molecular formula is C26H24N4O2. The van der Waals surface area contributed by atoms with Gasteiger partial charge in [0.2, 0.25) is 5.95 Å². The van der Waals surface area contributed by atoms with Crippen molar-refractivity contribution >= 4 is 17.5 Å². The van der Waals surface area contributed by atoms with Crippen LogP contribution in [0.15, 0.2) is 91.3 Å². The molecule has 0 unspecified atom stereocenters. The molecule has 0 bridgehead atoms. The smallest absolute Gasteiger partial charge is 0.255 e. The molecule has 4 aromatic rings. The highest BCUT2D eigenvalue weighted by Gasteiger charge is 2.10. The number of ether oxygens (including phenoxy) is 1. The summed E-state index contributed by atoms with van der Waals surface area (Å²) in [6.45, 7) is 3.10. The lowest BCUT2D eigenvalue weighted by Crippen LogP contribution is -2.12. The first-order valence-electron chi connectivity index (χ1n) is 10.5. The molecule has 4 rings (SSSR count). The van der Waals surface area contributed by atoms with Crippen molar-refractivity contribution in [2.75, 3.05) is 17.2 Å². The van der Waals surface area contributed by atoms with Gasteiger partial charge in [0.05, 0.1) is 12.3 Å². The number of amides is 1. The van der Waals surface area contributed by atoms with Gasteiger partial charge in [-0.3, -0.25) is 4.79 Å². The number of aromatic nitrogens is 2. The first-order chi connectivity index (χ1) is 15.7. The van der Waals surface area contributed by atoms with Gasteiger partial charge in [-0.05, 0) is 42.3 Å². The Balaban J connectivity index is 1.39. The predicted octanol–water partition coefficient (Wildman–Crippen LogP) is 5.41. The molecule has 6 nitrogen and oxygen atoms in total. The van der Waals surface area contributed by atoms with Crippen molar-refractivity contribution in [1.29, 1.82) is 0 Å².